The fourth-order valence-electron chi connectivity index (χ4n) is 2.46. The Hall–Kier alpha value is -3.08. The first-order chi connectivity index (χ1) is 13.0. The highest BCUT2D eigenvalue weighted by atomic mass is 16.5. The summed E-state index contributed by atoms with van der Waals surface area (Å²) in [6.45, 7) is 10.1. The Balaban J connectivity index is 1.93. The molecule has 0 aliphatic rings. The number of hydrazone groups is 1. The normalized spacial score (nSPS) is 10.8. The molecule has 0 saturated heterocycles. The number of para-hydroxylation sites is 1. The fourth-order valence-corrected chi connectivity index (χ4v) is 2.46. The van der Waals surface area contributed by atoms with Crippen LogP contribution in [-0.4, -0.2) is 25.3 Å². The molecular formula is C22H26N2O3. The van der Waals surface area contributed by atoms with Gasteiger partial charge in [-0.25, -0.2) is 5.43 Å². The molecule has 0 fully saturated rings. The predicted molar refractivity (Wildman–Crippen MR) is 109 cm³/mol. The van der Waals surface area contributed by atoms with Gasteiger partial charge < -0.3 is 9.47 Å². The molecule has 1 amide bonds. The van der Waals surface area contributed by atoms with Crippen LogP contribution in [0.5, 0.6) is 11.5 Å². The number of ether oxygens (including phenoxy) is 2. The van der Waals surface area contributed by atoms with Gasteiger partial charge in [-0.3, -0.25) is 4.79 Å². The summed E-state index contributed by atoms with van der Waals surface area (Å²) in [7, 11) is 0. The van der Waals surface area contributed by atoms with Crippen molar-refractivity contribution in [1.29, 1.82) is 0 Å². The molecule has 142 valence electrons. The first kappa shape index (κ1) is 20.2. The first-order valence-corrected chi connectivity index (χ1v) is 8.89. The maximum Gasteiger partial charge on any atom is 0.277 e. The van der Waals surface area contributed by atoms with Crippen molar-refractivity contribution in [3.8, 4) is 11.5 Å². The predicted octanol–water partition coefficient (Wildman–Crippen LogP) is 4.21. The molecule has 5 heteroatoms. The number of nitrogens with zero attached hydrogens (tertiary/aromatic N) is 1. The van der Waals surface area contributed by atoms with Crippen LogP contribution in [0.25, 0.3) is 0 Å². The molecule has 0 spiro atoms. The number of aryl methyl sites for hydroxylation is 1. The van der Waals surface area contributed by atoms with Gasteiger partial charge in [0, 0.05) is 5.56 Å². The number of benzene rings is 2. The lowest BCUT2D eigenvalue weighted by atomic mass is 10.0. The van der Waals surface area contributed by atoms with Crippen molar-refractivity contribution < 1.29 is 14.3 Å². The Morgan fingerprint density at radius 1 is 1.19 bits per heavy atom. The van der Waals surface area contributed by atoms with Gasteiger partial charge >= 0.3 is 0 Å². The maximum atomic E-state index is 12.0. The number of rotatable bonds is 9. The highest BCUT2D eigenvalue weighted by molar-refractivity contribution is 5.85. The van der Waals surface area contributed by atoms with Gasteiger partial charge in [0.2, 0.25) is 0 Å². The molecular weight excluding hydrogens is 340 g/mol. The van der Waals surface area contributed by atoms with Crippen LogP contribution in [0, 0.1) is 6.92 Å². The Labute approximate surface area is 160 Å². The summed E-state index contributed by atoms with van der Waals surface area (Å²) >= 11 is 0. The second-order valence-electron chi connectivity index (χ2n) is 6.42. The quantitative estimate of drug-likeness (QED) is 0.411. The van der Waals surface area contributed by atoms with Gasteiger partial charge in [0.1, 0.15) is 18.1 Å². The van der Waals surface area contributed by atoms with E-state index in [-0.39, 0.29) is 12.5 Å². The lowest BCUT2D eigenvalue weighted by molar-refractivity contribution is -0.123. The molecule has 0 unspecified atom stereocenters. The first-order valence-electron chi connectivity index (χ1n) is 8.89. The van der Waals surface area contributed by atoms with E-state index in [4.69, 9.17) is 9.47 Å². The number of amides is 1. The van der Waals surface area contributed by atoms with Gasteiger partial charge in [0.25, 0.3) is 5.91 Å². The molecule has 5 nitrogen and oxygen atoms in total. The van der Waals surface area contributed by atoms with Gasteiger partial charge in [-0.2, -0.15) is 5.10 Å². The zero-order chi connectivity index (χ0) is 19.6. The smallest absolute Gasteiger partial charge is 0.277 e. The molecule has 0 aliphatic heterocycles. The molecule has 27 heavy (non-hydrogen) atoms. The van der Waals surface area contributed by atoms with Crippen molar-refractivity contribution in [2.45, 2.75) is 26.7 Å². The third-order valence-corrected chi connectivity index (χ3v) is 3.82. The standard InChI is InChI=1S/C22H26N2O3/c1-5-12-26-20-9-7-6-8-18(20)14-23-24-22(25)15-27-21-13-17(4)10-11-19(21)16(2)3/h5-11,13-14,16H,1,12,15H2,2-4H3,(H,24,25)/b23-14+. The van der Waals surface area contributed by atoms with Crippen LogP contribution >= 0.6 is 0 Å². The minimum atomic E-state index is -0.327. The van der Waals surface area contributed by atoms with Crippen molar-refractivity contribution in [1.82, 2.24) is 5.43 Å². The second kappa shape index (κ2) is 10.2. The van der Waals surface area contributed by atoms with E-state index in [1.54, 1.807) is 12.3 Å². The van der Waals surface area contributed by atoms with Crippen LogP contribution in [0.3, 0.4) is 0 Å². The summed E-state index contributed by atoms with van der Waals surface area (Å²) in [6.07, 6.45) is 3.21. The zero-order valence-electron chi connectivity index (χ0n) is 16.1. The third kappa shape index (κ3) is 6.29. The van der Waals surface area contributed by atoms with E-state index in [1.807, 2.05) is 49.4 Å². The van der Waals surface area contributed by atoms with Crippen molar-refractivity contribution in [3.05, 3.63) is 71.8 Å². The fraction of sp³-hybridized carbons (Fsp3) is 0.273. The van der Waals surface area contributed by atoms with Crippen molar-refractivity contribution in [2.24, 2.45) is 5.10 Å². The number of carbonyl (C=O) groups excluding carboxylic acids is 1. The Kier molecular flexibility index (Phi) is 7.62. The average Bonchev–Trinajstić information content (AvgIpc) is 2.65. The molecule has 2 aromatic rings. The molecule has 2 rings (SSSR count). The summed E-state index contributed by atoms with van der Waals surface area (Å²) in [5.41, 5.74) is 5.40. The van der Waals surface area contributed by atoms with Crippen LogP contribution in [0.15, 0.2) is 60.2 Å². The minimum Gasteiger partial charge on any atom is -0.489 e. The van der Waals surface area contributed by atoms with Crippen molar-refractivity contribution in [2.75, 3.05) is 13.2 Å². The van der Waals surface area contributed by atoms with E-state index in [0.717, 1.165) is 22.4 Å². The topological polar surface area (TPSA) is 59.9 Å². The number of carbonyl (C=O) groups is 1. The molecule has 1 N–H and O–H groups in total. The zero-order valence-corrected chi connectivity index (χ0v) is 16.1. The monoisotopic (exact) mass is 366 g/mol. The minimum absolute atomic E-state index is 0.102. The van der Waals surface area contributed by atoms with E-state index in [0.29, 0.717) is 18.3 Å². The van der Waals surface area contributed by atoms with Crippen LogP contribution < -0.4 is 14.9 Å². The van der Waals surface area contributed by atoms with E-state index in [2.05, 4.69) is 31.0 Å². The Morgan fingerprint density at radius 3 is 2.70 bits per heavy atom. The Morgan fingerprint density at radius 2 is 1.96 bits per heavy atom. The molecule has 0 bridgehead atoms. The lowest BCUT2D eigenvalue weighted by Gasteiger charge is -2.14. The van der Waals surface area contributed by atoms with E-state index in [9.17, 15) is 4.79 Å². The molecule has 0 aliphatic carbocycles. The van der Waals surface area contributed by atoms with Crippen LogP contribution in [0.1, 0.15) is 36.5 Å². The summed E-state index contributed by atoms with van der Waals surface area (Å²) in [6, 6.07) is 13.4. The number of hydrogen-bond acceptors (Lipinski definition) is 4. The van der Waals surface area contributed by atoms with Gasteiger partial charge in [-0.15, -0.1) is 0 Å². The number of hydrogen-bond donors (Lipinski definition) is 1. The van der Waals surface area contributed by atoms with Crippen LogP contribution in [-0.2, 0) is 4.79 Å². The average molecular weight is 366 g/mol. The molecule has 0 aromatic heterocycles. The van der Waals surface area contributed by atoms with Gasteiger partial charge in [0.05, 0.1) is 6.21 Å². The highest BCUT2D eigenvalue weighted by Gasteiger charge is 2.10. The molecule has 0 saturated carbocycles. The summed E-state index contributed by atoms with van der Waals surface area (Å²) < 4.78 is 11.2. The summed E-state index contributed by atoms with van der Waals surface area (Å²) in [5, 5.41) is 3.99. The lowest BCUT2D eigenvalue weighted by Crippen LogP contribution is -2.25. The second-order valence-corrected chi connectivity index (χ2v) is 6.42. The van der Waals surface area contributed by atoms with Gasteiger partial charge in [-0.05, 0) is 42.2 Å². The van der Waals surface area contributed by atoms with E-state index >= 15 is 0 Å². The summed E-state index contributed by atoms with van der Waals surface area (Å²) in [4.78, 5) is 12.0. The molecule has 0 heterocycles. The van der Waals surface area contributed by atoms with Crippen LogP contribution in [0.4, 0.5) is 0 Å². The molecule has 0 radical (unpaired) electrons. The van der Waals surface area contributed by atoms with Crippen LogP contribution in [0.2, 0.25) is 0 Å². The largest absolute Gasteiger partial charge is 0.489 e. The van der Waals surface area contributed by atoms with E-state index in [1.165, 1.54) is 0 Å². The molecule has 0 atom stereocenters. The highest BCUT2D eigenvalue weighted by Crippen LogP contribution is 2.27. The maximum absolute atomic E-state index is 12.0. The van der Waals surface area contributed by atoms with E-state index < -0.39 is 0 Å². The summed E-state index contributed by atoms with van der Waals surface area (Å²) in [5.74, 6) is 1.39. The van der Waals surface area contributed by atoms with Crippen molar-refractivity contribution >= 4 is 12.1 Å². The van der Waals surface area contributed by atoms with Crippen molar-refractivity contribution in [3.63, 3.8) is 0 Å². The van der Waals surface area contributed by atoms with Gasteiger partial charge in [0.15, 0.2) is 6.61 Å². The number of nitrogens with one attached hydrogen (secondary N) is 1. The van der Waals surface area contributed by atoms with Gasteiger partial charge in [-0.1, -0.05) is 50.8 Å². The molecule has 2 aromatic carbocycles. The SMILES string of the molecule is C=CCOc1ccccc1/C=N/NC(=O)COc1cc(C)ccc1C(C)C. The Bertz CT molecular complexity index is 813. The third-order valence-electron chi connectivity index (χ3n) is 3.82.